The fourth-order valence-corrected chi connectivity index (χ4v) is 2.96. The third-order valence-corrected chi connectivity index (χ3v) is 4.41. The molecular weight excluding hydrogens is 338 g/mol. The number of rotatable bonds is 11. The van der Waals surface area contributed by atoms with Crippen LogP contribution in [-0.2, 0) is 14.3 Å². The number of amides is 1. The third-order valence-electron chi connectivity index (χ3n) is 3.71. The van der Waals surface area contributed by atoms with Crippen molar-refractivity contribution >= 4 is 29.4 Å². The highest BCUT2D eigenvalue weighted by Gasteiger charge is 2.28. The Kier molecular flexibility index (Phi) is 11.1. The van der Waals surface area contributed by atoms with E-state index in [4.69, 9.17) is 4.74 Å². The van der Waals surface area contributed by atoms with Crippen LogP contribution in [0.4, 0.5) is 4.79 Å². The molecule has 2 atom stereocenters. The van der Waals surface area contributed by atoms with E-state index in [1.54, 1.807) is 32.5 Å². The smallest absolute Gasteiger partial charge is 0.408 e. The lowest BCUT2D eigenvalue weighted by molar-refractivity contribution is -0.128. The molecule has 5 nitrogen and oxygen atoms in total. The SMILES string of the molecule is CSCCC[C@H](CC(=O)[C@H](CC(C)C)NC(=O)OC(C)(C)C)C(C)=O. The second-order valence-electron chi connectivity index (χ2n) is 7.94. The van der Waals surface area contributed by atoms with Gasteiger partial charge in [-0.15, -0.1) is 0 Å². The molecule has 0 aromatic rings. The van der Waals surface area contributed by atoms with Crippen molar-refractivity contribution in [3.8, 4) is 0 Å². The standard InChI is InChI=1S/C19H35NO4S/c1-13(2)11-16(20-18(23)24-19(4,5)6)17(22)12-15(14(3)21)9-8-10-25-7/h13,15-16H,8-12H2,1-7H3,(H,20,23)/t15-,16+/m1/s1. The zero-order chi connectivity index (χ0) is 19.6. The summed E-state index contributed by atoms with van der Waals surface area (Å²) < 4.78 is 5.26. The number of alkyl carbamates (subject to hydrolysis) is 1. The molecule has 0 spiro atoms. The van der Waals surface area contributed by atoms with Gasteiger partial charge in [-0.05, 0) is 64.9 Å². The predicted molar refractivity (Wildman–Crippen MR) is 104 cm³/mol. The molecule has 0 aliphatic carbocycles. The first-order valence-electron chi connectivity index (χ1n) is 8.97. The molecule has 25 heavy (non-hydrogen) atoms. The lowest BCUT2D eigenvalue weighted by Gasteiger charge is -2.25. The van der Waals surface area contributed by atoms with Crippen molar-refractivity contribution in [1.29, 1.82) is 0 Å². The van der Waals surface area contributed by atoms with Crippen LogP contribution in [0.2, 0.25) is 0 Å². The van der Waals surface area contributed by atoms with E-state index in [-0.39, 0.29) is 29.8 Å². The zero-order valence-corrected chi connectivity index (χ0v) is 17.6. The molecule has 0 unspecified atom stereocenters. The van der Waals surface area contributed by atoms with Crippen LogP contribution in [0.5, 0.6) is 0 Å². The summed E-state index contributed by atoms with van der Waals surface area (Å²) in [4.78, 5) is 36.6. The van der Waals surface area contributed by atoms with Crippen LogP contribution in [-0.4, -0.2) is 41.3 Å². The van der Waals surface area contributed by atoms with Gasteiger partial charge in [0.25, 0.3) is 0 Å². The summed E-state index contributed by atoms with van der Waals surface area (Å²) in [5.74, 6) is 0.897. The van der Waals surface area contributed by atoms with E-state index in [9.17, 15) is 14.4 Å². The van der Waals surface area contributed by atoms with Gasteiger partial charge in [-0.1, -0.05) is 13.8 Å². The Morgan fingerprint density at radius 2 is 1.76 bits per heavy atom. The highest BCUT2D eigenvalue weighted by molar-refractivity contribution is 7.98. The quantitative estimate of drug-likeness (QED) is 0.549. The van der Waals surface area contributed by atoms with Crippen LogP contribution in [0.3, 0.4) is 0 Å². The van der Waals surface area contributed by atoms with E-state index >= 15 is 0 Å². The molecule has 6 heteroatoms. The molecule has 0 aromatic carbocycles. The molecule has 0 aliphatic rings. The topological polar surface area (TPSA) is 72.5 Å². The van der Waals surface area contributed by atoms with E-state index < -0.39 is 17.7 Å². The minimum atomic E-state index is -0.616. The van der Waals surface area contributed by atoms with Crippen LogP contribution in [0.15, 0.2) is 0 Å². The average molecular weight is 374 g/mol. The lowest BCUT2D eigenvalue weighted by atomic mass is 9.89. The summed E-state index contributed by atoms with van der Waals surface area (Å²) in [6, 6.07) is -0.614. The van der Waals surface area contributed by atoms with E-state index in [0.717, 1.165) is 12.2 Å². The molecule has 0 saturated heterocycles. The Hall–Kier alpha value is -1.04. The predicted octanol–water partition coefficient (Wildman–Crippen LogP) is 4.23. The molecular formula is C19H35NO4S. The first-order chi connectivity index (χ1) is 11.5. The van der Waals surface area contributed by atoms with E-state index in [1.807, 2.05) is 20.1 Å². The van der Waals surface area contributed by atoms with Crippen LogP contribution < -0.4 is 5.32 Å². The van der Waals surface area contributed by atoms with Crippen molar-refractivity contribution in [2.24, 2.45) is 11.8 Å². The molecule has 0 fully saturated rings. The Morgan fingerprint density at radius 3 is 2.20 bits per heavy atom. The van der Waals surface area contributed by atoms with Crippen molar-refractivity contribution in [1.82, 2.24) is 5.32 Å². The summed E-state index contributed by atoms with van der Waals surface area (Å²) in [7, 11) is 0. The highest BCUT2D eigenvalue weighted by Crippen LogP contribution is 2.18. The second-order valence-corrected chi connectivity index (χ2v) is 8.93. The maximum Gasteiger partial charge on any atom is 0.408 e. The van der Waals surface area contributed by atoms with Gasteiger partial charge in [0.1, 0.15) is 11.4 Å². The number of carbonyl (C=O) groups excluding carboxylic acids is 3. The normalized spacial score (nSPS) is 14.1. The van der Waals surface area contributed by atoms with Crippen LogP contribution in [0.25, 0.3) is 0 Å². The average Bonchev–Trinajstić information content (AvgIpc) is 2.42. The van der Waals surface area contributed by atoms with Crippen molar-refractivity contribution in [3.63, 3.8) is 0 Å². The van der Waals surface area contributed by atoms with Crippen LogP contribution >= 0.6 is 11.8 Å². The number of nitrogens with one attached hydrogen (secondary N) is 1. The molecule has 0 rings (SSSR count). The lowest BCUT2D eigenvalue weighted by Crippen LogP contribution is -2.44. The van der Waals surface area contributed by atoms with Crippen molar-refractivity contribution in [2.75, 3.05) is 12.0 Å². The van der Waals surface area contributed by atoms with Gasteiger partial charge >= 0.3 is 6.09 Å². The minimum absolute atomic E-state index is 0.0371. The number of ether oxygens (including phenoxy) is 1. The van der Waals surface area contributed by atoms with E-state index in [2.05, 4.69) is 5.32 Å². The molecule has 0 radical (unpaired) electrons. The minimum Gasteiger partial charge on any atom is -0.444 e. The van der Waals surface area contributed by atoms with Crippen LogP contribution in [0, 0.1) is 11.8 Å². The summed E-state index contributed by atoms with van der Waals surface area (Å²) in [6.07, 6.45) is 3.77. The summed E-state index contributed by atoms with van der Waals surface area (Å²) in [6.45, 7) is 10.9. The fraction of sp³-hybridized carbons (Fsp3) is 0.842. The van der Waals surface area contributed by atoms with Gasteiger partial charge in [0, 0.05) is 12.3 Å². The second kappa shape index (κ2) is 11.6. The molecule has 0 aromatic heterocycles. The first-order valence-corrected chi connectivity index (χ1v) is 10.4. The molecule has 146 valence electrons. The number of hydrogen-bond donors (Lipinski definition) is 1. The largest absolute Gasteiger partial charge is 0.444 e. The monoisotopic (exact) mass is 373 g/mol. The summed E-state index contributed by atoms with van der Waals surface area (Å²) in [5, 5.41) is 2.69. The van der Waals surface area contributed by atoms with Gasteiger partial charge < -0.3 is 10.1 Å². The molecule has 0 saturated carbocycles. The van der Waals surface area contributed by atoms with Crippen LogP contribution in [0.1, 0.15) is 67.2 Å². The van der Waals surface area contributed by atoms with Gasteiger partial charge in [-0.3, -0.25) is 9.59 Å². The number of Topliss-reactive ketones (excluding diaryl/α,β-unsaturated/α-hetero) is 2. The molecule has 0 bridgehead atoms. The van der Waals surface area contributed by atoms with E-state index in [0.29, 0.717) is 12.8 Å². The van der Waals surface area contributed by atoms with Crippen molar-refractivity contribution in [3.05, 3.63) is 0 Å². The maximum absolute atomic E-state index is 12.7. The molecule has 0 aliphatic heterocycles. The van der Waals surface area contributed by atoms with Crippen molar-refractivity contribution in [2.45, 2.75) is 78.9 Å². The molecule has 0 heterocycles. The molecule has 1 N–H and O–H groups in total. The maximum atomic E-state index is 12.7. The number of hydrogen-bond acceptors (Lipinski definition) is 5. The van der Waals surface area contributed by atoms with Gasteiger partial charge in [0.05, 0.1) is 6.04 Å². The Bertz CT molecular complexity index is 443. The van der Waals surface area contributed by atoms with Gasteiger partial charge in [-0.25, -0.2) is 4.79 Å². The fourth-order valence-electron chi connectivity index (χ4n) is 2.50. The van der Waals surface area contributed by atoms with Crippen molar-refractivity contribution < 1.29 is 19.1 Å². The summed E-state index contributed by atoms with van der Waals surface area (Å²) in [5.41, 5.74) is -0.616. The Morgan fingerprint density at radius 1 is 1.16 bits per heavy atom. The Labute approximate surface area is 157 Å². The molecule has 1 amide bonds. The van der Waals surface area contributed by atoms with Gasteiger partial charge in [0.2, 0.25) is 0 Å². The third kappa shape index (κ3) is 12.0. The zero-order valence-electron chi connectivity index (χ0n) is 16.8. The van der Waals surface area contributed by atoms with E-state index in [1.165, 1.54) is 6.92 Å². The van der Waals surface area contributed by atoms with Gasteiger partial charge in [-0.2, -0.15) is 11.8 Å². The number of ketones is 2. The van der Waals surface area contributed by atoms with Gasteiger partial charge in [0.15, 0.2) is 5.78 Å². The Balaban J connectivity index is 4.90. The first kappa shape index (κ1) is 24.0. The highest BCUT2D eigenvalue weighted by atomic mass is 32.2. The summed E-state index contributed by atoms with van der Waals surface area (Å²) >= 11 is 1.73. The number of thioether (sulfide) groups is 1. The number of carbonyl (C=O) groups is 3.